The predicted molar refractivity (Wildman–Crippen MR) is 103 cm³/mol. The quantitative estimate of drug-likeness (QED) is 0.480. The van der Waals surface area contributed by atoms with Gasteiger partial charge in [-0.15, -0.1) is 0 Å². The second kappa shape index (κ2) is 6.05. The summed E-state index contributed by atoms with van der Waals surface area (Å²) >= 11 is 0. The minimum Gasteiger partial charge on any atom is -0.497 e. The summed E-state index contributed by atoms with van der Waals surface area (Å²) in [6, 6.07) is 5.99. The van der Waals surface area contributed by atoms with Crippen molar-refractivity contribution >= 4 is 0 Å². The van der Waals surface area contributed by atoms with Crippen LogP contribution in [0.1, 0.15) is 36.8 Å². The summed E-state index contributed by atoms with van der Waals surface area (Å²) in [6.45, 7) is 4.07. The van der Waals surface area contributed by atoms with Gasteiger partial charge in [0.15, 0.2) is 11.5 Å². The molecule has 142 valence electrons. The van der Waals surface area contributed by atoms with Gasteiger partial charge in [-0.3, -0.25) is 4.68 Å². The summed E-state index contributed by atoms with van der Waals surface area (Å²) in [5.41, 5.74) is 5.76. The van der Waals surface area contributed by atoms with Crippen LogP contribution in [-0.4, -0.2) is 36.6 Å². The van der Waals surface area contributed by atoms with Crippen molar-refractivity contribution in [1.29, 1.82) is 0 Å². The number of ether oxygens (including phenoxy) is 1. The molecule has 1 aliphatic rings. The molecule has 8 heteroatoms. The van der Waals surface area contributed by atoms with Gasteiger partial charge in [-0.05, 0) is 18.2 Å². The number of aryl methyl sites for hydroxylation is 1. The number of aromatic nitrogens is 6. The maximum absolute atomic E-state index is 5.52. The first-order valence-corrected chi connectivity index (χ1v) is 9.16. The largest absolute Gasteiger partial charge is 0.497 e. The Kier molecular flexibility index (Phi) is 3.61. The van der Waals surface area contributed by atoms with E-state index in [1.165, 1.54) is 0 Å². The van der Waals surface area contributed by atoms with Crippen LogP contribution in [0.4, 0.5) is 0 Å². The number of imidazole rings is 1. The Labute approximate surface area is 161 Å². The first-order chi connectivity index (χ1) is 13.5. The molecule has 0 amide bonds. The zero-order valence-electron chi connectivity index (χ0n) is 16.2. The molecule has 5 rings (SSSR count). The lowest BCUT2D eigenvalue weighted by Crippen LogP contribution is -2.01. The van der Waals surface area contributed by atoms with Gasteiger partial charge in [0, 0.05) is 36.7 Å². The zero-order valence-corrected chi connectivity index (χ0v) is 16.2. The molecule has 0 spiro atoms. The zero-order chi connectivity index (χ0) is 19.4. The molecule has 8 nitrogen and oxygen atoms in total. The van der Waals surface area contributed by atoms with E-state index in [0.717, 1.165) is 34.0 Å². The first kappa shape index (κ1) is 16.7. The molecule has 0 radical (unpaired) electrons. The Bertz CT molecular complexity index is 1180. The summed E-state index contributed by atoms with van der Waals surface area (Å²) in [6.07, 6.45) is 4.51. The van der Waals surface area contributed by atoms with E-state index in [1.54, 1.807) is 13.4 Å². The number of benzene rings is 1. The number of rotatable bonds is 3. The molecular formula is C20H20N6O2. The van der Waals surface area contributed by atoms with Crippen molar-refractivity contribution in [2.75, 3.05) is 7.11 Å². The van der Waals surface area contributed by atoms with Crippen molar-refractivity contribution in [1.82, 2.24) is 29.5 Å². The van der Waals surface area contributed by atoms with E-state index < -0.39 is 0 Å². The van der Waals surface area contributed by atoms with Gasteiger partial charge in [0.25, 0.3) is 5.89 Å². The van der Waals surface area contributed by atoms with Crippen molar-refractivity contribution in [3.05, 3.63) is 47.8 Å². The highest BCUT2D eigenvalue weighted by molar-refractivity contribution is 5.77. The monoisotopic (exact) mass is 376 g/mol. The Balaban J connectivity index is 1.74. The van der Waals surface area contributed by atoms with E-state index in [2.05, 4.69) is 19.7 Å². The lowest BCUT2D eigenvalue weighted by Gasteiger charge is -2.11. The van der Waals surface area contributed by atoms with Gasteiger partial charge in [-0.25, -0.2) is 4.98 Å². The smallest absolute Gasteiger partial charge is 0.278 e. The topological polar surface area (TPSA) is 83.8 Å². The molecular weight excluding hydrogens is 356 g/mol. The van der Waals surface area contributed by atoms with Crippen LogP contribution in [0.2, 0.25) is 0 Å². The number of methoxy groups -OCH3 is 1. The molecule has 4 aromatic rings. The van der Waals surface area contributed by atoms with Crippen LogP contribution in [0, 0.1) is 0 Å². The van der Waals surface area contributed by atoms with Crippen LogP contribution in [0.3, 0.4) is 0 Å². The van der Waals surface area contributed by atoms with Crippen molar-refractivity contribution in [2.24, 2.45) is 7.05 Å². The number of fused-ring (bicyclic) bond motifs is 5. The van der Waals surface area contributed by atoms with Gasteiger partial charge in [0.1, 0.15) is 12.1 Å². The normalized spacial score (nSPS) is 12.5. The molecule has 0 saturated carbocycles. The molecule has 0 unspecified atom stereocenters. The van der Waals surface area contributed by atoms with E-state index >= 15 is 0 Å². The van der Waals surface area contributed by atoms with Crippen molar-refractivity contribution < 1.29 is 9.26 Å². The van der Waals surface area contributed by atoms with Crippen LogP contribution >= 0.6 is 0 Å². The van der Waals surface area contributed by atoms with Gasteiger partial charge < -0.3 is 13.8 Å². The van der Waals surface area contributed by atoms with E-state index in [4.69, 9.17) is 14.4 Å². The van der Waals surface area contributed by atoms with Gasteiger partial charge >= 0.3 is 0 Å². The molecule has 0 aliphatic carbocycles. The summed E-state index contributed by atoms with van der Waals surface area (Å²) in [5, 5.41) is 8.79. The highest BCUT2D eigenvalue weighted by Gasteiger charge is 2.27. The number of nitrogens with zero attached hydrogens (tertiary/aromatic N) is 6. The van der Waals surface area contributed by atoms with Gasteiger partial charge in [0.05, 0.1) is 24.2 Å². The Morgan fingerprint density at radius 2 is 2.07 bits per heavy atom. The predicted octanol–water partition coefficient (Wildman–Crippen LogP) is 3.36. The molecule has 3 aromatic heterocycles. The molecule has 4 heterocycles. The van der Waals surface area contributed by atoms with Crippen LogP contribution in [0.25, 0.3) is 28.5 Å². The Morgan fingerprint density at radius 3 is 2.82 bits per heavy atom. The molecule has 28 heavy (non-hydrogen) atoms. The molecule has 0 fully saturated rings. The van der Waals surface area contributed by atoms with Crippen molar-refractivity contribution in [2.45, 2.75) is 26.2 Å². The van der Waals surface area contributed by atoms with E-state index in [-0.39, 0.29) is 5.92 Å². The van der Waals surface area contributed by atoms with Crippen LogP contribution in [0.15, 0.2) is 35.2 Å². The van der Waals surface area contributed by atoms with Crippen molar-refractivity contribution in [3.63, 3.8) is 0 Å². The summed E-state index contributed by atoms with van der Waals surface area (Å²) < 4.78 is 14.9. The number of hydrogen-bond donors (Lipinski definition) is 0. The summed E-state index contributed by atoms with van der Waals surface area (Å²) in [5.74, 6) is 2.10. The Morgan fingerprint density at radius 1 is 1.21 bits per heavy atom. The molecule has 1 aromatic carbocycles. The van der Waals surface area contributed by atoms with Gasteiger partial charge in [-0.2, -0.15) is 10.1 Å². The van der Waals surface area contributed by atoms with Crippen LogP contribution in [-0.2, 0) is 13.5 Å². The maximum Gasteiger partial charge on any atom is 0.278 e. The number of hydrogen-bond acceptors (Lipinski definition) is 6. The highest BCUT2D eigenvalue weighted by Crippen LogP contribution is 2.38. The summed E-state index contributed by atoms with van der Waals surface area (Å²) in [4.78, 5) is 9.15. The van der Waals surface area contributed by atoms with Crippen molar-refractivity contribution in [3.8, 4) is 34.3 Å². The van der Waals surface area contributed by atoms with E-state index in [9.17, 15) is 0 Å². The molecule has 0 saturated heterocycles. The summed E-state index contributed by atoms with van der Waals surface area (Å²) in [7, 11) is 3.60. The molecule has 1 aliphatic heterocycles. The second-order valence-electron chi connectivity index (χ2n) is 7.26. The fraction of sp³-hybridized carbons (Fsp3) is 0.300. The van der Waals surface area contributed by atoms with Crippen LogP contribution in [0.5, 0.6) is 5.75 Å². The fourth-order valence-electron chi connectivity index (χ4n) is 3.61. The molecule has 0 bridgehead atoms. The standard InChI is InChI=1S/C20H20N6O2/c1-11(2)19-22-20(28-24-19)18-16-7-12-9-25(3)23-17(12)14-8-13(27-4)5-6-15(14)26(16)10-21-18/h5-6,8-11H,7H2,1-4H3. The maximum atomic E-state index is 5.52. The average molecular weight is 376 g/mol. The third kappa shape index (κ3) is 2.45. The average Bonchev–Trinajstić information content (AvgIpc) is 3.38. The third-order valence-electron chi connectivity index (χ3n) is 5.01. The third-order valence-corrected chi connectivity index (χ3v) is 5.01. The van der Waals surface area contributed by atoms with E-state index in [0.29, 0.717) is 23.8 Å². The molecule has 0 N–H and O–H groups in total. The molecule has 0 atom stereocenters. The minimum atomic E-state index is 0.192. The van der Waals surface area contributed by atoms with Gasteiger partial charge in [-0.1, -0.05) is 19.0 Å². The lowest BCUT2D eigenvalue weighted by molar-refractivity contribution is 0.415. The van der Waals surface area contributed by atoms with Gasteiger partial charge in [0.2, 0.25) is 0 Å². The van der Waals surface area contributed by atoms with E-state index in [1.807, 2.05) is 50.0 Å². The second-order valence-corrected chi connectivity index (χ2v) is 7.26. The lowest BCUT2D eigenvalue weighted by atomic mass is 10.0. The highest BCUT2D eigenvalue weighted by atomic mass is 16.5. The SMILES string of the molecule is COc1ccc2c(c1)-c1nn(C)cc1Cc1c(-c3nc(C(C)C)no3)ncn1-2. The Hall–Kier alpha value is -3.42. The first-order valence-electron chi connectivity index (χ1n) is 9.16. The minimum absolute atomic E-state index is 0.192. The fourth-order valence-corrected chi connectivity index (χ4v) is 3.61. The van der Waals surface area contributed by atoms with Crippen LogP contribution < -0.4 is 4.74 Å².